The maximum absolute atomic E-state index is 12.6. The molecule has 130 valence electrons. The van der Waals surface area contributed by atoms with Crippen molar-refractivity contribution >= 4 is 11.6 Å². The summed E-state index contributed by atoms with van der Waals surface area (Å²) in [6.45, 7) is 4.05. The Balaban J connectivity index is 1.48. The second kappa shape index (κ2) is 6.64. The van der Waals surface area contributed by atoms with Gasteiger partial charge in [-0.2, -0.15) is 0 Å². The third kappa shape index (κ3) is 3.39. The molecule has 0 bridgehead atoms. The molecule has 0 saturated carbocycles. The first kappa shape index (κ1) is 15.8. The van der Waals surface area contributed by atoms with Crippen LogP contribution in [0.2, 0.25) is 0 Å². The number of nitrogens with zero attached hydrogens (tertiary/aromatic N) is 5. The number of amides is 1. The van der Waals surface area contributed by atoms with Gasteiger partial charge in [-0.3, -0.25) is 9.78 Å². The van der Waals surface area contributed by atoms with Gasteiger partial charge in [0.05, 0.1) is 25.1 Å². The van der Waals surface area contributed by atoms with Crippen LogP contribution in [0, 0.1) is 12.8 Å². The molecular formula is C17H19N5O3. The molecule has 4 heterocycles. The van der Waals surface area contributed by atoms with E-state index in [0.29, 0.717) is 37.8 Å². The lowest BCUT2D eigenvalue weighted by Gasteiger charge is -2.22. The summed E-state index contributed by atoms with van der Waals surface area (Å²) in [7, 11) is 0. The average molecular weight is 341 g/mol. The van der Waals surface area contributed by atoms with Crippen molar-refractivity contribution in [2.75, 3.05) is 26.3 Å². The fraction of sp³-hybridized carbons (Fsp3) is 0.412. The molecule has 1 aliphatic rings. The Bertz CT molecular complexity index is 887. The zero-order valence-corrected chi connectivity index (χ0v) is 14.0. The molecule has 3 aromatic rings. The van der Waals surface area contributed by atoms with Crippen molar-refractivity contribution in [3.05, 3.63) is 48.0 Å². The van der Waals surface area contributed by atoms with E-state index in [-0.39, 0.29) is 11.8 Å². The van der Waals surface area contributed by atoms with Gasteiger partial charge in [0.25, 0.3) is 5.91 Å². The second-order valence-electron chi connectivity index (χ2n) is 6.29. The monoisotopic (exact) mass is 341 g/mol. The van der Waals surface area contributed by atoms with E-state index in [1.54, 1.807) is 30.3 Å². The van der Waals surface area contributed by atoms with Crippen LogP contribution in [-0.4, -0.2) is 56.6 Å². The number of carbonyl (C=O) groups excluding carboxylic acids is 1. The molecule has 1 saturated heterocycles. The Morgan fingerprint density at radius 2 is 2.32 bits per heavy atom. The van der Waals surface area contributed by atoms with Crippen LogP contribution in [0.15, 0.2) is 35.4 Å². The van der Waals surface area contributed by atoms with Crippen molar-refractivity contribution in [3.63, 3.8) is 0 Å². The summed E-state index contributed by atoms with van der Waals surface area (Å²) >= 11 is 0. The van der Waals surface area contributed by atoms with E-state index < -0.39 is 0 Å². The molecule has 0 spiro atoms. The Kier molecular flexibility index (Phi) is 4.19. The van der Waals surface area contributed by atoms with E-state index in [2.05, 4.69) is 15.1 Å². The first-order valence-corrected chi connectivity index (χ1v) is 8.27. The summed E-state index contributed by atoms with van der Waals surface area (Å²) in [5.41, 5.74) is 2.11. The Labute approximate surface area is 144 Å². The van der Waals surface area contributed by atoms with E-state index in [1.807, 2.05) is 16.8 Å². The van der Waals surface area contributed by atoms with Crippen molar-refractivity contribution in [1.29, 1.82) is 0 Å². The molecule has 8 nitrogen and oxygen atoms in total. The third-order valence-electron chi connectivity index (χ3n) is 4.30. The van der Waals surface area contributed by atoms with Crippen LogP contribution in [0.4, 0.5) is 0 Å². The molecule has 3 aromatic heterocycles. The zero-order chi connectivity index (χ0) is 17.2. The van der Waals surface area contributed by atoms with Crippen LogP contribution >= 0.6 is 0 Å². The Morgan fingerprint density at radius 3 is 3.16 bits per heavy atom. The molecule has 0 aromatic carbocycles. The van der Waals surface area contributed by atoms with Gasteiger partial charge < -0.3 is 18.6 Å². The summed E-state index contributed by atoms with van der Waals surface area (Å²) in [5, 5.41) is 3.83. The first-order chi connectivity index (χ1) is 12.2. The second-order valence-corrected chi connectivity index (χ2v) is 6.29. The molecule has 1 amide bonds. The van der Waals surface area contributed by atoms with Gasteiger partial charge in [-0.15, -0.1) is 0 Å². The van der Waals surface area contributed by atoms with Gasteiger partial charge in [0, 0.05) is 43.7 Å². The molecule has 1 fully saturated rings. The molecule has 0 N–H and O–H groups in total. The van der Waals surface area contributed by atoms with Crippen LogP contribution in [0.3, 0.4) is 0 Å². The Morgan fingerprint density at radius 1 is 1.40 bits per heavy atom. The molecule has 0 aliphatic carbocycles. The first-order valence-electron chi connectivity index (χ1n) is 8.27. The number of aryl methyl sites for hydroxylation is 1. The maximum Gasteiger partial charge on any atom is 0.276 e. The van der Waals surface area contributed by atoms with Gasteiger partial charge in [0.15, 0.2) is 11.3 Å². The molecule has 1 atom stereocenters. The van der Waals surface area contributed by atoms with E-state index >= 15 is 0 Å². The van der Waals surface area contributed by atoms with E-state index in [9.17, 15) is 4.79 Å². The topological polar surface area (TPSA) is 85.8 Å². The maximum atomic E-state index is 12.6. The molecule has 1 unspecified atom stereocenters. The van der Waals surface area contributed by atoms with Gasteiger partial charge in [0.1, 0.15) is 5.76 Å². The fourth-order valence-electron chi connectivity index (χ4n) is 3.09. The number of rotatable bonds is 3. The molecule has 25 heavy (non-hydrogen) atoms. The van der Waals surface area contributed by atoms with Crippen molar-refractivity contribution < 1.29 is 14.1 Å². The highest BCUT2D eigenvalue weighted by Gasteiger charge is 2.25. The van der Waals surface area contributed by atoms with Crippen LogP contribution in [0.5, 0.6) is 0 Å². The lowest BCUT2D eigenvalue weighted by molar-refractivity contribution is 0.0727. The molecule has 0 radical (unpaired) electrons. The number of hydrogen-bond acceptors (Lipinski definition) is 6. The Hall–Kier alpha value is -2.74. The van der Waals surface area contributed by atoms with Crippen molar-refractivity contribution in [2.45, 2.75) is 13.3 Å². The van der Waals surface area contributed by atoms with Crippen LogP contribution in [-0.2, 0) is 11.2 Å². The summed E-state index contributed by atoms with van der Waals surface area (Å²) < 4.78 is 12.7. The highest BCUT2D eigenvalue weighted by molar-refractivity contribution is 5.92. The lowest BCUT2D eigenvalue weighted by Crippen LogP contribution is -2.36. The van der Waals surface area contributed by atoms with Crippen molar-refractivity contribution in [3.8, 4) is 0 Å². The third-order valence-corrected chi connectivity index (χ3v) is 4.30. The minimum absolute atomic E-state index is 0.120. The fourth-order valence-corrected chi connectivity index (χ4v) is 3.09. The number of imidazole rings is 1. The van der Waals surface area contributed by atoms with Crippen molar-refractivity contribution in [2.24, 2.45) is 5.92 Å². The minimum atomic E-state index is -0.120. The predicted molar refractivity (Wildman–Crippen MR) is 88.1 cm³/mol. The normalized spacial score (nSPS) is 18.4. The van der Waals surface area contributed by atoms with Gasteiger partial charge in [-0.25, -0.2) is 4.98 Å². The summed E-state index contributed by atoms with van der Waals surface area (Å²) in [6.07, 6.45) is 8.10. The van der Waals surface area contributed by atoms with E-state index in [1.165, 1.54) is 0 Å². The predicted octanol–water partition coefficient (Wildman–Crippen LogP) is 1.36. The largest absolute Gasteiger partial charge is 0.379 e. The smallest absolute Gasteiger partial charge is 0.276 e. The molecule has 8 heteroatoms. The van der Waals surface area contributed by atoms with E-state index in [0.717, 1.165) is 17.8 Å². The number of hydrogen-bond donors (Lipinski definition) is 0. The van der Waals surface area contributed by atoms with Gasteiger partial charge in [-0.1, -0.05) is 5.16 Å². The van der Waals surface area contributed by atoms with E-state index in [4.69, 9.17) is 9.26 Å². The highest BCUT2D eigenvalue weighted by atomic mass is 16.5. The number of carbonyl (C=O) groups is 1. The van der Waals surface area contributed by atoms with Gasteiger partial charge in [-0.05, 0) is 13.3 Å². The number of fused-ring (bicyclic) bond motifs is 1. The minimum Gasteiger partial charge on any atom is -0.379 e. The lowest BCUT2D eigenvalue weighted by atomic mass is 10.0. The molecular weight excluding hydrogens is 322 g/mol. The highest BCUT2D eigenvalue weighted by Crippen LogP contribution is 2.15. The summed E-state index contributed by atoms with van der Waals surface area (Å²) in [6, 6.07) is 1.66. The standard InChI is InChI=1S/C17H19N5O3/c1-12-6-15(20-25-12)17(23)22-4-5-24-11-13(9-22)7-14-10-21-3-2-18-16(21)8-19-14/h2-3,6,8,10,13H,4-5,7,9,11H2,1H3. The van der Waals surface area contributed by atoms with Gasteiger partial charge in [0.2, 0.25) is 0 Å². The number of ether oxygens (including phenoxy) is 1. The molecule has 1 aliphatic heterocycles. The van der Waals surface area contributed by atoms with Crippen LogP contribution in [0.25, 0.3) is 5.65 Å². The van der Waals surface area contributed by atoms with Crippen LogP contribution < -0.4 is 0 Å². The van der Waals surface area contributed by atoms with Crippen molar-refractivity contribution in [1.82, 2.24) is 24.4 Å². The average Bonchev–Trinajstić information content (AvgIpc) is 3.18. The molecule has 4 rings (SSSR count). The summed E-state index contributed by atoms with van der Waals surface area (Å²) in [4.78, 5) is 23.1. The van der Waals surface area contributed by atoms with Gasteiger partial charge >= 0.3 is 0 Å². The summed E-state index contributed by atoms with van der Waals surface area (Å²) in [5.74, 6) is 0.682. The zero-order valence-electron chi connectivity index (χ0n) is 14.0. The van der Waals surface area contributed by atoms with Crippen LogP contribution in [0.1, 0.15) is 21.9 Å². The quantitative estimate of drug-likeness (QED) is 0.715. The SMILES string of the molecule is Cc1cc(C(=O)N2CCOCC(Cc3cn4ccnc4cn3)C2)no1. The number of aromatic nitrogens is 4.